The molecular weight excluding hydrogens is 284 g/mol. The summed E-state index contributed by atoms with van der Waals surface area (Å²) in [5.74, 6) is -2.02. The lowest BCUT2D eigenvalue weighted by atomic mass is 10.1. The normalized spacial score (nSPS) is 11.5. The number of primary amides is 1. The van der Waals surface area contributed by atoms with Crippen molar-refractivity contribution in [1.29, 1.82) is 0 Å². The zero-order chi connectivity index (χ0) is 15.1. The van der Waals surface area contributed by atoms with E-state index in [1.54, 1.807) is 25.1 Å². The van der Waals surface area contributed by atoms with Crippen molar-refractivity contribution in [3.63, 3.8) is 0 Å². The summed E-state index contributed by atoms with van der Waals surface area (Å²) in [5.41, 5.74) is 5.35. The van der Waals surface area contributed by atoms with Crippen molar-refractivity contribution in [2.24, 2.45) is 5.73 Å². The second-order valence-corrected chi connectivity index (χ2v) is 4.32. The first-order valence-electron chi connectivity index (χ1n) is 5.96. The Balaban J connectivity index is 2.76. The number of hydrogen-bond acceptors (Lipinski definition) is 4. The van der Waals surface area contributed by atoms with Crippen molar-refractivity contribution >= 4 is 29.4 Å². The number of amides is 2. The van der Waals surface area contributed by atoms with Crippen molar-refractivity contribution in [3.05, 3.63) is 34.9 Å². The first kappa shape index (κ1) is 16.0. The minimum absolute atomic E-state index is 0.183. The molecule has 7 heteroatoms. The Morgan fingerprint density at radius 2 is 2.00 bits per heavy atom. The quantitative estimate of drug-likeness (QED) is 0.762. The van der Waals surface area contributed by atoms with Gasteiger partial charge in [0, 0.05) is 0 Å². The number of hydrogen-bond donors (Lipinski definition) is 2. The van der Waals surface area contributed by atoms with E-state index in [0.717, 1.165) is 0 Å². The molecule has 2 amide bonds. The minimum Gasteiger partial charge on any atom is -0.466 e. The molecule has 0 saturated carbocycles. The van der Waals surface area contributed by atoms with Crippen LogP contribution in [0.3, 0.4) is 0 Å². The number of esters is 1. The van der Waals surface area contributed by atoms with Gasteiger partial charge in [0.15, 0.2) is 0 Å². The van der Waals surface area contributed by atoms with Crippen LogP contribution >= 0.6 is 11.6 Å². The lowest BCUT2D eigenvalue weighted by Crippen LogP contribution is -2.46. The van der Waals surface area contributed by atoms with E-state index >= 15 is 0 Å². The van der Waals surface area contributed by atoms with E-state index in [1.807, 2.05) is 0 Å². The summed E-state index contributed by atoms with van der Waals surface area (Å²) in [4.78, 5) is 34.6. The largest absolute Gasteiger partial charge is 0.466 e. The third-order valence-corrected chi connectivity index (χ3v) is 2.77. The molecule has 0 aliphatic carbocycles. The van der Waals surface area contributed by atoms with Gasteiger partial charge >= 0.3 is 5.97 Å². The molecule has 20 heavy (non-hydrogen) atoms. The maximum atomic E-state index is 12.0. The standard InChI is InChI=1S/C13H15ClN2O4/c1-2-20-11(17)7-10(12(15)18)16-13(19)8-5-3-4-6-9(8)14/h3-6,10H,2,7H2,1H3,(H2,15,18)(H,16,19)/t10-/m0/s1. The molecule has 3 N–H and O–H groups in total. The van der Waals surface area contributed by atoms with Gasteiger partial charge in [-0.2, -0.15) is 0 Å². The summed E-state index contributed by atoms with van der Waals surface area (Å²) in [6.45, 7) is 1.82. The molecule has 0 heterocycles. The van der Waals surface area contributed by atoms with Crippen LogP contribution in [0.5, 0.6) is 0 Å². The molecule has 0 saturated heterocycles. The van der Waals surface area contributed by atoms with E-state index in [0.29, 0.717) is 0 Å². The smallest absolute Gasteiger partial charge is 0.308 e. The number of rotatable bonds is 6. The van der Waals surface area contributed by atoms with Gasteiger partial charge in [0.25, 0.3) is 5.91 Å². The van der Waals surface area contributed by atoms with Gasteiger partial charge in [-0.25, -0.2) is 0 Å². The molecule has 0 aromatic heterocycles. The fourth-order valence-electron chi connectivity index (χ4n) is 1.49. The average molecular weight is 299 g/mol. The molecular formula is C13H15ClN2O4. The summed E-state index contributed by atoms with van der Waals surface area (Å²) >= 11 is 5.87. The molecule has 0 spiro atoms. The highest BCUT2D eigenvalue weighted by Crippen LogP contribution is 2.14. The number of ether oxygens (including phenoxy) is 1. The summed E-state index contributed by atoms with van der Waals surface area (Å²) in [6.07, 6.45) is -0.320. The fourth-order valence-corrected chi connectivity index (χ4v) is 1.71. The Hall–Kier alpha value is -2.08. The van der Waals surface area contributed by atoms with Crippen LogP contribution in [0, 0.1) is 0 Å². The van der Waals surface area contributed by atoms with E-state index in [4.69, 9.17) is 22.1 Å². The van der Waals surface area contributed by atoms with Crippen LogP contribution in [0.4, 0.5) is 0 Å². The van der Waals surface area contributed by atoms with Crippen molar-refractivity contribution in [1.82, 2.24) is 5.32 Å². The van der Waals surface area contributed by atoms with Gasteiger partial charge in [-0.3, -0.25) is 14.4 Å². The van der Waals surface area contributed by atoms with Crippen LogP contribution in [0.2, 0.25) is 5.02 Å². The molecule has 0 aliphatic heterocycles. The van der Waals surface area contributed by atoms with Gasteiger partial charge in [-0.1, -0.05) is 23.7 Å². The fraction of sp³-hybridized carbons (Fsp3) is 0.308. The highest BCUT2D eigenvalue weighted by molar-refractivity contribution is 6.33. The van der Waals surface area contributed by atoms with Crippen LogP contribution in [0.25, 0.3) is 0 Å². The Bertz CT molecular complexity index is 519. The van der Waals surface area contributed by atoms with Crippen molar-refractivity contribution < 1.29 is 19.1 Å². The maximum absolute atomic E-state index is 12.0. The maximum Gasteiger partial charge on any atom is 0.308 e. The summed E-state index contributed by atoms with van der Waals surface area (Å²) in [7, 11) is 0. The van der Waals surface area contributed by atoms with E-state index in [9.17, 15) is 14.4 Å². The zero-order valence-electron chi connectivity index (χ0n) is 10.9. The zero-order valence-corrected chi connectivity index (χ0v) is 11.6. The molecule has 1 aromatic carbocycles. The molecule has 1 aromatic rings. The molecule has 108 valence electrons. The number of carbonyl (C=O) groups excluding carboxylic acids is 3. The van der Waals surface area contributed by atoms with Gasteiger partial charge in [0.1, 0.15) is 6.04 Å². The van der Waals surface area contributed by atoms with Gasteiger partial charge in [-0.15, -0.1) is 0 Å². The monoisotopic (exact) mass is 298 g/mol. The van der Waals surface area contributed by atoms with Crippen molar-refractivity contribution in [3.8, 4) is 0 Å². The number of carbonyl (C=O) groups is 3. The molecule has 1 atom stereocenters. The van der Waals surface area contributed by atoms with Gasteiger partial charge in [-0.05, 0) is 19.1 Å². The Labute approximate surface area is 121 Å². The third-order valence-electron chi connectivity index (χ3n) is 2.44. The van der Waals surface area contributed by atoms with Crippen molar-refractivity contribution in [2.45, 2.75) is 19.4 Å². The SMILES string of the molecule is CCOC(=O)C[C@H](NC(=O)c1ccccc1Cl)C(N)=O. The molecule has 0 bridgehead atoms. The van der Waals surface area contributed by atoms with Crippen LogP contribution in [0.1, 0.15) is 23.7 Å². The topological polar surface area (TPSA) is 98.5 Å². The van der Waals surface area contributed by atoms with Gasteiger partial charge in [0.2, 0.25) is 5.91 Å². The number of halogens is 1. The van der Waals surface area contributed by atoms with Crippen molar-refractivity contribution in [2.75, 3.05) is 6.61 Å². The van der Waals surface area contributed by atoms with Gasteiger partial charge < -0.3 is 15.8 Å². The third kappa shape index (κ3) is 4.55. The average Bonchev–Trinajstić information content (AvgIpc) is 2.38. The lowest BCUT2D eigenvalue weighted by Gasteiger charge is -2.15. The molecule has 0 unspecified atom stereocenters. The highest BCUT2D eigenvalue weighted by Gasteiger charge is 2.23. The van der Waals surface area contributed by atoms with Gasteiger partial charge in [0.05, 0.1) is 23.6 Å². The molecule has 6 nitrogen and oxygen atoms in total. The van der Waals surface area contributed by atoms with Crippen LogP contribution in [0.15, 0.2) is 24.3 Å². The number of nitrogens with one attached hydrogen (secondary N) is 1. The molecule has 0 fully saturated rings. The summed E-state index contributed by atoms with van der Waals surface area (Å²) in [5, 5.41) is 2.60. The summed E-state index contributed by atoms with van der Waals surface area (Å²) in [6, 6.07) is 5.20. The second kappa shape index (κ2) is 7.49. The van der Waals surface area contributed by atoms with Crippen LogP contribution in [-0.4, -0.2) is 30.4 Å². The molecule has 0 aliphatic rings. The number of benzene rings is 1. The van der Waals surface area contributed by atoms with E-state index < -0.39 is 23.8 Å². The second-order valence-electron chi connectivity index (χ2n) is 3.92. The first-order chi connectivity index (χ1) is 9.45. The van der Waals surface area contributed by atoms with Crippen LogP contribution < -0.4 is 11.1 Å². The predicted molar refractivity (Wildman–Crippen MR) is 73.2 cm³/mol. The molecule has 0 radical (unpaired) electrons. The lowest BCUT2D eigenvalue weighted by molar-refractivity contribution is -0.145. The Morgan fingerprint density at radius 1 is 1.35 bits per heavy atom. The first-order valence-corrected chi connectivity index (χ1v) is 6.33. The summed E-state index contributed by atoms with van der Waals surface area (Å²) < 4.78 is 4.71. The molecule has 1 rings (SSSR count). The Kier molecular flexibility index (Phi) is 5.99. The van der Waals surface area contributed by atoms with E-state index in [-0.39, 0.29) is 23.6 Å². The Morgan fingerprint density at radius 3 is 2.55 bits per heavy atom. The highest BCUT2D eigenvalue weighted by atomic mass is 35.5. The van der Waals surface area contributed by atoms with Crippen LogP contribution in [-0.2, 0) is 14.3 Å². The predicted octanol–water partition coefficient (Wildman–Crippen LogP) is 0.877. The minimum atomic E-state index is -1.14. The van der Waals surface area contributed by atoms with E-state index in [1.165, 1.54) is 6.07 Å². The number of nitrogens with two attached hydrogens (primary N) is 1. The van der Waals surface area contributed by atoms with E-state index in [2.05, 4.69) is 5.32 Å².